The number of aromatic nitrogens is 5. The standard InChI is InChI=1S/C18H15ClN6O3/c1-10-21-18(28-24-10)12-4-3-7-25-15(22-23-16(12)25)9-20-17(26)13-8-11(19)5-6-14(13)27-2/h3-8H,9H2,1-2H3,(H,20,26). The first-order valence-corrected chi connectivity index (χ1v) is 8.69. The number of fused-ring (bicyclic) bond motifs is 1. The summed E-state index contributed by atoms with van der Waals surface area (Å²) >= 11 is 5.99. The van der Waals surface area contributed by atoms with Crippen LogP contribution in [0.25, 0.3) is 17.1 Å². The Morgan fingerprint density at radius 3 is 2.93 bits per heavy atom. The summed E-state index contributed by atoms with van der Waals surface area (Å²) < 4.78 is 12.2. The maximum atomic E-state index is 12.6. The van der Waals surface area contributed by atoms with Crippen LogP contribution in [0.4, 0.5) is 0 Å². The molecular formula is C18H15ClN6O3. The fraction of sp³-hybridized carbons (Fsp3) is 0.167. The Kier molecular flexibility index (Phi) is 4.66. The van der Waals surface area contributed by atoms with Gasteiger partial charge < -0.3 is 14.6 Å². The van der Waals surface area contributed by atoms with E-state index >= 15 is 0 Å². The van der Waals surface area contributed by atoms with E-state index in [4.69, 9.17) is 20.9 Å². The monoisotopic (exact) mass is 398 g/mol. The zero-order valence-corrected chi connectivity index (χ0v) is 15.8. The van der Waals surface area contributed by atoms with Gasteiger partial charge in [-0.2, -0.15) is 4.98 Å². The highest BCUT2D eigenvalue weighted by molar-refractivity contribution is 6.31. The maximum absolute atomic E-state index is 12.6. The lowest BCUT2D eigenvalue weighted by molar-refractivity contribution is 0.0946. The molecule has 1 amide bonds. The second kappa shape index (κ2) is 7.28. The Hall–Kier alpha value is -3.46. The number of nitrogens with zero attached hydrogens (tertiary/aromatic N) is 5. The van der Waals surface area contributed by atoms with Crippen molar-refractivity contribution >= 4 is 23.2 Å². The molecule has 0 aliphatic carbocycles. The molecular weight excluding hydrogens is 384 g/mol. The van der Waals surface area contributed by atoms with Crippen LogP contribution >= 0.6 is 11.6 Å². The van der Waals surface area contributed by atoms with E-state index in [0.29, 0.717) is 45.1 Å². The average molecular weight is 399 g/mol. The molecule has 28 heavy (non-hydrogen) atoms. The molecule has 0 spiro atoms. The molecule has 3 heterocycles. The number of benzene rings is 1. The van der Waals surface area contributed by atoms with E-state index in [1.165, 1.54) is 7.11 Å². The fourth-order valence-electron chi connectivity index (χ4n) is 2.77. The van der Waals surface area contributed by atoms with Gasteiger partial charge in [0.2, 0.25) is 0 Å². The number of halogens is 1. The summed E-state index contributed by atoms with van der Waals surface area (Å²) in [6.45, 7) is 1.89. The first-order chi connectivity index (χ1) is 13.6. The lowest BCUT2D eigenvalue weighted by Gasteiger charge is -2.09. The summed E-state index contributed by atoms with van der Waals surface area (Å²) in [6.07, 6.45) is 1.80. The van der Waals surface area contributed by atoms with Gasteiger partial charge in [0.25, 0.3) is 11.8 Å². The van der Waals surface area contributed by atoms with Crippen molar-refractivity contribution in [1.82, 2.24) is 30.1 Å². The quantitative estimate of drug-likeness (QED) is 0.550. The molecule has 0 fully saturated rings. The normalized spacial score (nSPS) is 11.0. The zero-order valence-electron chi connectivity index (χ0n) is 15.0. The van der Waals surface area contributed by atoms with Crippen molar-refractivity contribution in [1.29, 1.82) is 0 Å². The number of carbonyl (C=O) groups is 1. The molecule has 9 nitrogen and oxygen atoms in total. The Morgan fingerprint density at radius 2 is 2.18 bits per heavy atom. The number of ether oxygens (including phenoxy) is 1. The molecule has 4 rings (SSSR count). The van der Waals surface area contributed by atoms with Gasteiger partial charge >= 0.3 is 0 Å². The topological polar surface area (TPSA) is 107 Å². The van der Waals surface area contributed by atoms with E-state index in [-0.39, 0.29) is 12.5 Å². The Bertz CT molecular complexity index is 1170. The number of nitrogens with one attached hydrogen (secondary N) is 1. The third-order valence-corrected chi connectivity index (χ3v) is 4.31. The van der Waals surface area contributed by atoms with Crippen molar-refractivity contribution in [3.63, 3.8) is 0 Å². The fourth-order valence-corrected chi connectivity index (χ4v) is 2.94. The van der Waals surface area contributed by atoms with Gasteiger partial charge in [-0.25, -0.2) is 0 Å². The molecule has 0 saturated carbocycles. The third kappa shape index (κ3) is 3.27. The summed E-state index contributed by atoms with van der Waals surface area (Å²) in [4.78, 5) is 16.8. The van der Waals surface area contributed by atoms with E-state index in [0.717, 1.165) is 0 Å². The highest BCUT2D eigenvalue weighted by Gasteiger charge is 2.17. The van der Waals surface area contributed by atoms with Crippen molar-refractivity contribution in [2.45, 2.75) is 13.5 Å². The molecule has 0 aliphatic rings. The number of hydrogen-bond acceptors (Lipinski definition) is 7. The molecule has 10 heteroatoms. The number of hydrogen-bond donors (Lipinski definition) is 1. The van der Waals surface area contributed by atoms with Crippen LogP contribution in [0.3, 0.4) is 0 Å². The lowest BCUT2D eigenvalue weighted by Crippen LogP contribution is -2.24. The van der Waals surface area contributed by atoms with Crippen molar-refractivity contribution in [2.75, 3.05) is 7.11 Å². The summed E-state index contributed by atoms with van der Waals surface area (Å²) in [5.41, 5.74) is 1.55. The summed E-state index contributed by atoms with van der Waals surface area (Å²) in [5.74, 6) is 1.53. The van der Waals surface area contributed by atoms with Crippen LogP contribution in [0, 0.1) is 6.92 Å². The number of rotatable bonds is 5. The summed E-state index contributed by atoms with van der Waals surface area (Å²) in [7, 11) is 1.49. The van der Waals surface area contributed by atoms with Gasteiger partial charge in [-0.3, -0.25) is 9.20 Å². The molecule has 0 radical (unpaired) electrons. The molecule has 1 aromatic carbocycles. The first kappa shape index (κ1) is 17.9. The molecule has 0 atom stereocenters. The van der Waals surface area contributed by atoms with E-state index in [1.807, 2.05) is 12.1 Å². The average Bonchev–Trinajstić information content (AvgIpc) is 3.32. The number of amides is 1. The zero-order chi connectivity index (χ0) is 19.7. The van der Waals surface area contributed by atoms with Gasteiger partial charge in [-0.1, -0.05) is 16.8 Å². The van der Waals surface area contributed by atoms with Crippen LogP contribution in [0.5, 0.6) is 5.75 Å². The molecule has 0 unspecified atom stereocenters. The van der Waals surface area contributed by atoms with Gasteiger partial charge in [0.1, 0.15) is 5.75 Å². The SMILES string of the molecule is COc1ccc(Cl)cc1C(=O)NCc1nnc2c(-c3nc(C)no3)cccn12. The molecule has 0 aliphatic heterocycles. The second-order valence-corrected chi connectivity index (χ2v) is 6.34. The van der Waals surface area contributed by atoms with Crippen LogP contribution in [0.1, 0.15) is 22.0 Å². The Balaban J connectivity index is 1.60. The van der Waals surface area contributed by atoms with E-state index in [1.54, 1.807) is 35.7 Å². The minimum atomic E-state index is -0.334. The minimum absolute atomic E-state index is 0.155. The van der Waals surface area contributed by atoms with Crippen LogP contribution in [0.2, 0.25) is 5.02 Å². The molecule has 0 bridgehead atoms. The number of aryl methyl sites for hydroxylation is 1. The van der Waals surface area contributed by atoms with Gasteiger partial charge in [0.15, 0.2) is 17.3 Å². The van der Waals surface area contributed by atoms with Crippen LogP contribution in [-0.2, 0) is 6.54 Å². The van der Waals surface area contributed by atoms with E-state index in [9.17, 15) is 4.79 Å². The molecule has 1 N–H and O–H groups in total. The summed E-state index contributed by atoms with van der Waals surface area (Å²) in [5, 5.41) is 15.4. The smallest absolute Gasteiger partial charge is 0.261 e. The predicted molar refractivity (Wildman–Crippen MR) is 100 cm³/mol. The molecule has 4 aromatic rings. The van der Waals surface area contributed by atoms with Crippen molar-refractivity contribution in [2.24, 2.45) is 0 Å². The summed E-state index contributed by atoms with van der Waals surface area (Å²) in [6, 6.07) is 8.48. The number of carbonyl (C=O) groups excluding carboxylic acids is 1. The van der Waals surface area contributed by atoms with Gasteiger partial charge in [0.05, 0.1) is 24.8 Å². The van der Waals surface area contributed by atoms with Gasteiger partial charge in [-0.15, -0.1) is 10.2 Å². The van der Waals surface area contributed by atoms with Crippen molar-refractivity contribution in [3.05, 3.63) is 58.8 Å². The predicted octanol–water partition coefficient (Wildman–Crippen LogP) is 2.68. The third-order valence-electron chi connectivity index (χ3n) is 4.08. The van der Waals surface area contributed by atoms with E-state index < -0.39 is 0 Å². The van der Waals surface area contributed by atoms with E-state index in [2.05, 4.69) is 25.7 Å². The highest BCUT2D eigenvalue weighted by Crippen LogP contribution is 2.23. The highest BCUT2D eigenvalue weighted by atomic mass is 35.5. The van der Waals surface area contributed by atoms with Gasteiger partial charge in [0, 0.05) is 11.2 Å². The lowest BCUT2D eigenvalue weighted by atomic mass is 10.2. The van der Waals surface area contributed by atoms with Crippen LogP contribution < -0.4 is 10.1 Å². The number of methoxy groups -OCH3 is 1. The largest absolute Gasteiger partial charge is 0.496 e. The van der Waals surface area contributed by atoms with Crippen LogP contribution in [-0.4, -0.2) is 37.8 Å². The Labute approximate surface area is 164 Å². The Morgan fingerprint density at radius 1 is 1.32 bits per heavy atom. The second-order valence-electron chi connectivity index (χ2n) is 5.91. The van der Waals surface area contributed by atoms with Crippen molar-refractivity contribution < 1.29 is 14.1 Å². The minimum Gasteiger partial charge on any atom is -0.496 e. The molecule has 3 aromatic heterocycles. The molecule has 0 saturated heterocycles. The van der Waals surface area contributed by atoms with Crippen molar-refractivity contribution in [3.8, 4) is 17.2 Å². The maximum Gasteiger partial charge on any atom is 0.261 e. The van der Waals surface area contributed by atoms with Crippen LogP contribution in [0.15, 0.2) is 41.1 Å². The first-order valence-electron chi connectivity index (χ1n) is 8.32. The number of pyridine rings is 1. The molecule has 142 valence electrons. The van der Waals surface area contributed by atoms with Gasteiger partial charge in [-0.05, 0) is 37.3 Å².